The van der Waals surface area contributed by atoms with E-state index in [1.807, 2.05) is 0 Å². The van der Waals surface area contributed by atoms with Crippen LogP contribution in [0.25, 0.3) is 0 Å². The van der Waals surface area contributed by atoms with E-state index in [0.29, 0.717) is 10.6 Å². The summed E-state index contributed by atoms with van der Waals surface area (Å²) in [6, 6.07) is 6.31. The van der Waals surface area contributed by atoms with Crippen LogP contribution in [0.2, 0.25) is 5.02 Å². The summed E-state index contributed by atoms with van der Waals surface area (Å²) < 4.78 is 0. The van der Waals surface area contributed by atoms with Crippen molar-refractivity contribution in [3.63, 3.8) is 0 Å². The summed E-state index contributed by atoms with van der Waals surface area (Å²) in [5.41, 5.74) is 4.89. The number of carbonyl (C=O) groups excluding carboxylic acids is 4. The van der Waals surface area contributed by atoms with Gasteiger partial charge in [0.2, 0.25) is 17.7 Å². The normalized spacial score (nSPS) is 22.1. The topological polar surface area (TPSA) is 95.6 Å². The lowest BCUT2D eigenvalue weighted by Crippen LogP contribution is -2.43. The SMILES string of the molecule is O=C(CCN1C(=O)[C@H]2CCCC[C@@H]2C1=O)NNC(=O)c1cccc(Cl)c1. The summed E-state index contributed by atoms with van der Waals surface area (Å²) in [5.74, 6) is -1.76. The number of nitrogens with one attached hydrogen (secondary N) is 2. The van der Waals surface area contributed by atoms with Gasteiger partial charge in [0.15, 0.2) is 0 Å². The van der Waals surface area contributed by atoms with Crippen molar-refractivity contribution in [3.05, 3.63) is 34.9 Å². The van der Waals surface area contributed by atoms with Crippen LogP contribution in [0.1, 0.15) is 42.5 Å². The Balaban J connectivity index is 1.47. The molecule has 1 aliphatic heterocycles. The molecule has 0 aromatic heterocycles. The smallest absolute Gasteiger partial charge is 0.269 e. The van der Waals surface area contributed by atoms with Gasteiger partial charge in [0.25, 0.3) is 5.91 Å². The molecule has 138 valence electrons. The summed E-state index contributed by atoms with van der Waals surface area (Å²) in [5, 5.41) is 0.413. The number of likely N-dealkylation sites (tertiary alicyclic amines) is 1. The van der Waals surface area contributed by atoms with Gasteiger partial charge in [-0.2, -0.15) is 0 Å². The number of hydrazine groups is 1. The lowest BCUT2D eigenvalue weighted by atomic mass is 9.81. The number of amides is 4. The van der Waals surface area contributed by atoms with Gasteiger partial charge in [0, 0.05) is 23.6 Å². The van der Waals surface area contributed by atoms with E-state index in [1.165, 1.54) is 11.0 Å². The largest absolute Gasteiger partial charge is 0.282 e. The molecule has 3 rings (SSSR count). The predicted molar refractivity (Wildman–Crippen MR) is 93.8 cm³/mol. The summed E-state index contributed by atoms with van der Waals surface area (Å²) in [6.07, 6.45) is 3.35. The molecule has 0 radical (unpaired) electrons. The fraction of sp³-hybridized carbons (Fsp3) is 0.444. The third-order valence-corrected chi connectivity index (χ3v) is 5.13. The molecule has 2 N–H and O–H groups in total. The third-order valence-electron chi connectivity index (χ3n) is 4.90. The Morgan fingerprint density at radius 2 is 1.73 bits per heavy atom. The number of hydrogen-bond acceptors (Lipinski definition) is 4. The maximum Gasteiger partial charge on any atom is 0.269 e. The van der Waals surface area contributed by atoms with Crippen LogP contribution in [0, 0.1) is 11.8 Å². The highest BCUT2D eigenvalue weighted by atomic mass is 35.5. The van der Waals surface area contributed by atoms with E-state index in [1.54, 1.807) is 18.2 Å². The molecular weight excluding hydrogens is 358 g/mol. The first-order chi connectivity index (χ1) is 12.5. The summed E-state index contributed by atoms with van der Waals surface area (Å²) in [6.45, 7) is 0.0313. The van der Waals surface area contributed by atoms with E-state index in [9.17, 15) is 19.2 Å². The van der Waals surface area contributed by atoms with Gasteiger partial charge in [0.05, 0.1) is 11.8 Å². The number of hydrogen-bond donors (Lipinski definition) is 2. The van der Waals surface area contributed by atoms with Crippen LogP contribution in [0.3, 0.4) is 0 Å². The Morgan fingerprint density at radius 1 is 1.08 bits per heavy atom. The van der Waals surface area contributed by atoms with E-state index >= 15 is 0 Å². The van der Waals surface area contributed by atoms with Gasteiger partial charge in [-0.15, -0.1) is 0 Å². The zero-order valence-electron chi connectivity index (χ0n) is 14.2. The molecule has 8 heteroatoms. The average molecular weight is 378 g/mol. The molecule has 0 spiro atoms. The molecule has 0 bridgehead atoms. The fourth-order valence-corrected chi connectivity index (χ4v) is 3.75. The molecule has 2 atom stereocenters. The number of benzene rings is 1. The third kappa shape index (κ3) is 3.88. The summed E-state index contributed by atoms with van der Waals surface area (Å²) in [4.78, 5) is 49.7. The van der Waals surface area contributed by atoms with Gasteiger partial charge in [-0.25, -0.2) is 0 Å². The molecule has 1 aliphatic carbocycles. The summed E-state index contributed by atoms with van der Waals surface area (Å²) in [7, 11) is 0. The monoisotopic (exact) mass is 377 g/mol. The van der Waals surface area contributed by atoms with Gasteiger partial charge in [-0.05, 0) is 31.0 Å². The second kappa shape index (κ2) is 7.86. The first-order valence-corrected chi connectivity index (χ1v) is 9.05. The Labute approximate surface area is 156 Å². The van der Waals surface area contributed by atoms with Gasteiger partial charge in [-0.1, -0.05) is 30.5 Å². The van der Waals surface area contributed by atoms with E-state index in [0.717, 1.165) is 25.7 Å². The van der Waals surface area contributed by atoms with Crippen LogP contribution < -0.4 is 10.9 Å². The standard InChI is InChI=1S/C18H20ClN3O4/c19-12-5-3-4-11(10-12)16(24)21-20-15(23)8-9-22-17(25)13-6-1-2-7-14(13)18(22)26/h3-5,10,13-14H,1-2,6-9H2,(H,20,23)(H,21,24)/t13-,14-/m0/s1. The maximum absolute atomic E-state index is 12.3. The van der Waals surface area contributed by atoms with Gasteiger partial charge >= 0.3 is 0 Å². The zero-order chi connectivity index (χ0) is 18.7. The molecular formula is C18H20ClN3O4. The molecule has 1 aromatic rings. The minimum atomic E-state index is -0.500. The molecule has 1 saturated carbocycles. The van der Waals surface area contributed by atoms with Gasteiger partial charge in [0.1, 0.15) is 0 Å². The Morgan fingerprint density at radius 3 is 2.35 bits per heavy atom. The number of fused-ring (bicyclic) bond motifs is 1. The molecule has 0 unspecified atom stereocenters. The Bertz CT molecular complexity index is 728. The molecule has 26 heavy (non-hydrogen) atoms. The first-order valence-electron chi connectivity index (χ1n) is 8.67. The van der Waals surface area contributed by atoms with Crippen LogP contribution in [-0.2, 0) is 14.4 Å². The van der Waals surface area contributed by atoms with E-state index in [2.05, 4.69) is 10.9 Å². The molecule has 4 amide bonds. The van der Waals surface area contributed by atoms with Gasteiger partial charge < -0.3 is 0 Å². The zero-order valence-corrected chi connectivity index (χ0v) is 14.9. The van der Waals surface area contributed by atoms with E-state index in [4.69, 9.17) is 11.6 Å². The fourth-order valence-electron chi connectivity index (χ4n) is 3.56. The Hall–Kier alpha value is -2.41. The molecule has 1 aromatic carbocycles. The van der Waals surface area contributed by atoms with Crippen LogP contribution >= 0.6 is 11.6 Å². The highest BCUT2D eigenvalue weighted by Crippen LogP contribution is 2.37. The number of rotatable bonds is 4. The van der Waals surface area contributed by atoms with E-state index in [-0.39, 0.29) is 36.6 Å². The molecule has 2 fully saturated rings. The van der Waals surface area contributed by atoms with Crippen molar-refractivity contribution in [1.29, 1.82) is 0 Å². The number of imide groups is 1. The van der Waals surface area contributed by atoms with Gasteiger partial charge in [-0.3, -0.25) is 34.9 Å². The number of halogens is 1. The van der Waals surface area contributed by atoms with Crippen LogP contribution in [0.4, 0.5) is 0 Å². The van der Waals surface area contributed by atoms with E-state index < -0.39 is 11.8 Å². The number of nitrogens with zero attached hydrogens (tertiary/aromatic N) is 1. The van der Waals surface area contributed by atoms with Crippen molar-refractivity contribution in [1.82, 2.24) is 15.8 Å². The highest BCUT2D eigenvalue weighted by Gasteiger charge is 2.47. The van der Waals surface area contributed by atoms with Crippen molar-refractivity contribution in [2.75, 3.05) is 6.54 Å². The van der Waals surface area contributed by atoms with Crippen molar-refractivity contribution >= 4 is 35.2 Å². The number of carbonyl (C=O) groups is 4. The Kier molecular flexibility index (Phi) is 5.56. The van der Waals surface area contributed by atoms with Crippen molar-refractivity contribution in [3.8, 4) is 0 Å². The van der Waals surface area contributed by atoms with Crippen molar-refractivity contribution < 1.29 is 19.2 Å². The molecule has 7 nitrogen and oxygen atoms in total. The minimum Gasteiger partial charge on any atom is -0.282 e. The lowest BCUT2D eigenvalue weighted by molar-refractivity contribution is -0.140. The minimum absolute atomic E-state index is 0.0313. The quantitative estimate of drug-likeness (QED) is 0.616. The average Bonchev–Trinajstić information content (AvgIpc) is 2.89. The van der Waals surface area contributed by atoms with Crippen LogP contribution in [-0.4, -0.2) is 35.1 Å². The first kappa shape index (κ1) is 18.4. The maximum atomic E-state index is 12.3. The van der Waals surface area contributed by atoms with Crippen molar-refractivity contribution in [2.24, 2.45) is 11.8 Å². The second-order valence-electron chi connectivity index (χ2n) is 6.59. The summed E-state index contributed by atoms with van der Waals surface area (Å²) >= 11 is 5.82. The molecule has 1 saturated heterocycles. The van der Waals surface area contributed by atoms with Crippen LogP contribution in [0.15, 0.2) is 24.3 Å². The van der Waals surface area contributed by atoms with Crippen LogP contribution in [0.5, 0.6) is 0 Å². The highest BCUT2D eigenvalue weighted by molar-refractivity contribution is 6.30. The van der Waals surface area contributed by atoms with Crippen molar-refractivity contribution in [2.45, 2.75) is 32.1 Å². The predicted octanol–water partition coefficient (Wildman–Crippen LogP) is 1.67. The molecule has 1 heterocycles. The molecule has 2 aliphatic rings. The lowest BCUT2D eigenvalue weighted by Gasteiger charge is -2.19. The second-order valence-corrected chi connectivity index (χ2v) is 7.02.